The van der Waals surface area contributed by atoms with Crippen molar-refractivity contribution < 1.29 is 16.1 Å². The molecule has 1 amide bonds. The van der Waals surface area contributed by atoms with Crippen molar-refractivity contribution in [3.8, 4) is 0 Å². The van der Waals surface area contributed by atoms with Crippen LogP contribution in [0.2, 0.25) is 0 Å². The second kappa shape index (κ2) is 9.67. The highest BCUT2D eigenvalue weighted by Crippen LogP contribution is 2.38. The van der Waals surface area contributed by atoms with E-state index in [0.717, 1.165) is 69.4 Å². The van der Waals surface area contributed by atoms with E-state index in [9.17, 15) is 9.90 Å². The zero-order valence-corrected chi connectivity index (χ0v) is 20.3. The number of benzene rings is 1. The number of piperidine rings is 1. The van der Waals surface area contributed by atoms with Gasteiger partial charge in [0, 0.05) is 39.4 Å². The first kappa shape index (κ1) is 23.3. The number of hydrogen-bond acceptors (Lipinski definition) is 5. The Kier molecular flexibility index (Phi) is 6.63. The first-order valence-electron chi connectivity index (χ1n) is 13.0. The molecule has 0 radical (unpaired) electrons. The number of rotatable bonds is 4. The molecule has 1 aliphatic carbocycles. The number of nitrogens with zero attached hydrogens (tertiary/aromatic N) is 3. The summed E-state index contributed by atoms with van der Waals surface area (Å²) in [6.07, 6.45) is 9.58. The third-order valence-electron chi connectivity index (χ3n) is 8.06. The van der Waals surface area contributed by atoms with Crippen LogP contribution >= 0.6 is 0 Å². The van der Waals surface area contributed by atoms with Crippen molar-refractivity contribution in [2.24, 2.45) is 0 Å². The number of carbonyl (C=O) groups is 1. The topological polar surface area (TPSA) is 65.9 Å². The van der Waals surface area contributed by atoms with Gasteiger partial charge in [0.2, 0.25) is 0 Å². The molecule has 1 N–H and O–H groups in total. The van der Waals surface area contributed by atoms with Crippen LogP contribution in [0.3, 0.4) is 0 Å². The Morgan fingerprint density at radius 3 is 2.47 bits per heavy atom. The highest BCUT2D eigenvalue weighted by molar-refractivity contribution is 5.94. The van der Waals surface area contributed by atoms with Gasteiger partial charge in [-0.05, 0) is 61.9 Å². The van der Waals surface area contributed by atoms with Crippen molar-refractivity contribution >= 4 is 11.7 Å². The number of hydrogen-bond donors (Lipinski definition) is 1. The fraction of sp³-hybridized carbons (Fsp3) is 0.571. The van der Waals surface area contributed by atoms with Gasteiger partial charge in [0.1, 0.15) is 5.82 Å². The van der Waals surface area contributed by atoms with Gasteiger partial charge in [-0.1, -0.05) is 44.4 Å². The number of morpholine rings is 1. The minimum atomic E-state index is -0.731. The van der Waals surface area contributed by atoms with Crippen LogP contribution in [0.5, 0.6) is 0 Å². The van der Waals surface area contributed by atoms with Gasteiger partial charge in [-0.3, -0.25) is 4.79 Å². The first-order valence-corrected chi connectivity index (χ1v) is 13.0. The molecule has 6 heteroatoms. The highest BCUT2D eigenvalue weighted by atomic mass is 16.5. The van der Waals surface area contributed by atoms with Gasteiger partial charge < -0.3 is 19.6 Å². The summed E-state index contributed by atoms with van der Waals surface area (Å²) in [5, 5.41) is 11.0. The smallest absolute Gasteiger partial charge is 0.253 e. The Labute approximate surface area is 204 Å². The third-order valence-corrected chi connectivity index (χ3v) is 8.06. The number of anilines is 1. The van der Waals surface area contributed by atoms with Crippen LogP contribution in [0.4, 0.5) is 5.82 Å². The maximum atomic E-state index is 13.2. The van der Waals surface area contributed by atoms with Gasteiger partial charge in [-0.15, -0.1) is 0 Å². The van der Waals surface area contributed by atoms with Crippen LogP contribution in [-0.4, -0.2) is 58.8 Å². The van der Waals surface area contributed by atoms with Gasteiger partial charge >= 0.3 is 0 Å². The second-order valence-electron chi connectivity index (χ2n) is 10.4. The molecule has 1 saturated carbocycles. The van der Waals surface area contributed by atoms with Crippen molar-refractivity contribution in [2.45, 2.75) is 75.6 Å². The molecule has 2 aromatic rings. The summed E-state index contributed by atoms with van der Waals surface area (Å²) in [4.78, 5) is 22.1. The van der Waals surface area contributed by atoms with E-state index in [1.54, 1.807) is 0 Å². The Hall–Kier alpha value is -2.44. The summed E-state index contributed by atoms with van der Waals surface area (Å²) < 4.78 is 6.61. The van der Waals surface area contributed by atoms with Gasteiger partial charge in [-0.25, -0.2) is 4.98 Å². The maximum absolute atomic E-state index is 13.2. The van der Waals surface area contributed by atoms with Gasteiger partial charge in [-0.2, -0.15) is 0 Å². The van der Waals surface area contributed by atoms with Gasteiger partial charge in [0.05, 0.1) is 17.3 Å². The van der Waals surface area contributed by atoms with Crippen LogP contribution in [-0.2, 0) is 10.3 Å². The van der Waals surface area contributed by atoms with Crippen molar-refractivity contribution in [3.63, 3.8) is 0 Å². The SMILES string of the molecule is CCC1CN(c2ccccn2)CC2(CCN(C(=O)c3ccc(C4(O)CCCCC4)cc3)CC2)O1.[HH]. The lowest BCUT2D eigenvalue weighted by Crippen LogP contribution is -2.60. The lowest BCUT2D eigenvalue weighted by atomic mass is 9.79. The van der Waals surface area contributed by atoms with Gasteiger partial charge in [0.15, 0.2) is 0 Å². The molecule has 1 unspecified atom stereocenters. The number of aromatic nitrogens is 1. The molecular formula is C28H39N3O3. The third kappa shape index (κ3) is 4.71. The normalized spacial score (nSPS) is 24.2. The highest BCUT2D eigenvalue weighted by Gasteiger charge is 2.43. The molecule has 0 bridgehead atoms. The molecule has 1 aromatic heterocycles. The molecule has 5 rings (SSSR count). The largest absolute Gasteiger partial charge is 0.385 e. The average Bonchev–Trinajstić information content (AvgIpc) is 2.89. The van der Waals surface area contributed by atoms with Crippen LogP contribution in [0.1, 0.15) is 75.6 Å². The standard InChI is InChI=1S/C28H37N3O3.H2/c1-2-24-20-31(25-8-4-7-17-29-25)21-27(34-24)15-18-30(19-16-27)26(32)22-9-11-23(12-10-22)28(33)13-5-3-6-14-28;/h4,7-12,17,24,33H,2-3,5-6,13-16,18-21H2,1H3;1H. The number of likely N-dealkylation sites (tertiary alicyclic amines) is 1. The lowest BCUT2D eigenvalue weighted by molar-refractivity contribution is -0.130. The fourth-order valence-electron chi connectivity index (χ4n) is 5.94. The second-order valence-corrected chi connectivity index (χ2v) is 10.4. The molecule has 184 valence electrons. The molecular weight excluding hydrogens is 426 g/mol. The van der Waals surface area contributed by atoms with Crippen LogP contribution in [0.15, 0.2) is 48.7 Å². The Bertz CT molecular complexity index is 971. The summed E-state index contributed by atoms with van der Waals surface area (Å²) >= 11 is 0. The van der Waals surface area contributed by atoms with Crippen LogP contribution < -0.4 is 4.90 Å². The summed E-state index contributed by atoms with van der Waals surface area (Å²) in [6, 6.07) is 13.7. The zero-order valence-electron chi connectivity index (χ0n) is 20.3. The number of aliphatic hydroxyl groups is 1. The molecule has 2 saturated heterocycles. The summed E-state index contributed by atoms with van der Waals surface area (Å²) in [5.74, 6) is 1.07. The molecule has 3 fully saturated rings. The molecule has 34 heavy (non-hydrogen) atoms. The molecule has 3 aliphatic rings. The van der Waals surface area contributed by atoms with Crippen molar-refractivity contribution in [2.75, 3.05) is 31.1 Å². The zero-order chi connectivity index (χ0) is 23.6. The van der Waals surface area contributed by atoms with E-state index < -0.39 is 5.60 Å². The maximum Gasteiger partial charge on any atom is 0.253 e. The van der Waals surface area contributed by atoms with E-state index in [1.807, 2.05) is 47.5 Å². The molecule has 1 spiro atoms. The Balaban J connectivity index is 0.00000289. The number of carbonyl (C=O) groups excluding carboxylic acids is 1. The minimum absolute atomic E-state index is 0. The first-order chi connectivity index (χ1) is 16.5. The summed E-state index contributed by atoms with van der Waals surface area (Å²) in [5.41, 5.74) is 0.675. The van der Waals surface area contributed by atoms with E-state index >= 15 is 0 Å². The number of ether oxygens (including phenoxy) is 1. The number of pyridine rings is 1. The quantitative estimate of drug-likeness (QED) is 0.705. The molecule has 1 aromatic carbocycles. The van der Waals surface area contributed by atoms with E-state index in [0.29, 0.717) is 18.7 Å². The van der Waals surface area contributed by atoms with Crippen LogP contribution in [0, 0.1) is 0 Å². The lowest BCUT2D eigenvalue weighted by Gasteiger charge is -2.50. The monoisotopic (exact) mass is 465 g/mol. The predicted molar refractivity (Wildman–Crippen MR) is 135 cm³/mol. The Morgan fingerprint density at radius 2 is 1.82 bits per heavy atom. The van der Waals surface area contributed by atoms with E-state index in [2.05, 4.69) is 22.9 Å². The molecule has 1 atom stereocenters. The number of amides is 1. The molecule has 6 nitrogen and oxygen atoms in total. The predicted octanol–water partition coefficient (Wildman–Crippen LogP) is 4.77. The van der Waals surface area contributed by atoms with Crippen molar-refractivity contribution in [1.29, 1.82) is 0 Å². The average molecular weight is 466 g/mol. The molecule has 3 heterocycles. The molecule has 2 aliphatic heterocycles. The van der Waals surface area contributed by atoms with E-state index in [-0.39, 0.29) is 19.0 Å². The Morgan fingerprint density at radius 1 is 1.09 bits per heavy atom. The van der Waals surface area contributed by atoms with Crippen LogP contribution in [0.25, 0.3) is 0 Å². The summed E-state index contributed by atoms with van der Waals surface area (Å²) in [7, 11) is 0. The van der Waals surface area contributed by atoms with E-state index in [1.165, 1.54) is 6.42 Å². The van der Waals surface area contributed by atoms with E-state index in [4.69, 9.17) is 4.74 Å². The minimum Gasteiger partial charge on any atom is -0.385 e. The van der Waals surface area contributed by atoms with Crippen molar-refractivity contribution in [1.82, 2.24) is 9.88 Å². The van der Waals surface area contributed by atoms with Gasteiger partial charge in [0.25, 0.3) is 5.91 Å². The fourth-order valence-corrected chi connectivity index (χ4v) is 5.94. The summed E-state index contributed by atoms with van der Waals surface area (Å²) in [6.45, 7) is 5.23. The van der Waals surface area contributed by atoms with Crippen molar-refractivity contribution in [3.05, 3.63) is 59.8 Å².